The number of halogens is 1. The maximum absolute atomic E-state index is 12.2. The third-order valence-corrected chi connectivity index (χ3v) is 5.19. The summed E-state index contributed by atoms with van der Waals surface area (Å²) in [5.74, 6) is 0.00567. The average molecular weight is 336 g/mol. The highest BCUT2D eigenvalue weighted by molar-refractivity contribution is 9.08. The van der Waals surface area contributed by atoms with Crippen LogP contribution in [0.25, 0.3) is 0 Å². The lowest BCUT2D eigenvalue weighted by Gasteiger charge is -2.05. The number of benzene rings is 1. The minimum atomic E-state index is 0.00567. The van der Waals surface area contributed by atoms with Crippen molar-refractivity contribution in [3.63, 3.8) is 0 Å². The topological polar surface area (TPSA) is 29.1 Å². The highest BCUT2D eigenvalue weighted by Crippen LogP contribution is 2.31. The van der Waals surface area contributed by atoms with Crippen LogP contribution in [0.5, 0.6) is 0 Å². The lowest BCUT2D eigenvalue weighted by molar-refractivity contribution is 0.103. The van der Waals surface area contributed by atoms with Crippen molar-refractivity contribution in [2.75, 3.05) is 5.32 Å². The molecule has 0 saturated heterocycles. The first kappa shape index (κ1) is 12.9. The molecule has 0 atom stereocenters. The summed E-state index contributed by atoms with van der Waals surface area (Å²) in [6.45, 7) is 0. The quantitative estimate of drug-likeness (QED) is 0.828. The van der Waals surface area contributed by atoms with E-state index in [4.69, 9.17) is 0 Å². The molecular weight excluding hydrogens is 322 g/mol. The monoisotopic (exact) mass is 335 g/mol. The van der Waals surface area contributed by atoms with E-state index in [2.05, 4.69) is 27.3 Å². The lowest BCUT2D eigenvalue weighted by Crippen LogP contribution is -2.10. The van der Waals surface area contributed by atoms with E-state index in [0.717, 1.165) is 34.3 Å². The minimum Gasteiger partial charge on any atom is -0.321 e. The van der Waals surface area contributed by atoms with Crippen LogP contribution in [0.3, 0.4) is 0 Å². The standard InChI is InChI=1S/C15H14BrNOS/c16-9-10-3-1-5-12(7-10)17-15(18)14-8-11-4-2-6-13(11)19-14/h1,3,5,7-8H,2,4,6,9H2,(H,17,18). The molecule has 0 aliphatic heterocycles. The van der Waals surface area contributed by atoms with Crippen molar-refractivity contribution in [3.05, 3.63) is 51.2 Å². The summed E-state index contributed by atoms with van der Waals surface area (Å²) in [7, 11) is 0. The van der Waals surface area contributed by atoms with Crippen LogP contribution in [0.4, 0.5) is 5.69 Å². The Kier molecular flexibility index (Phi) is 3.71. The molecule has 2 aromatic rings. The Labute approximate surface area is 125 Å². The Bertz CT molecular complexity index is 599. The second-order valence-corrected chi connectivity index (χ2v) is 6.40. The number of carbonyl (C=O) groups excluding carboxylic acids is 1. The molecule has 1 aliphatic carbocycles. The molecule has 0 bridgehead atoms. The van der Waals surface area contributed by atoms with Crippen molar-refractivity contribution in [3.8, 4) is 0 Å². The number of alkyl halides is 1. The van der Waals surface area contributed by atoms with Gasteiger partial charge >= 0.3 is 0 Å². The first-order chi connectivity index (χ1) is 9.26. The Balaban J connectivity index is 1.76. The molecule has 3 rings (SSSR count). The highest BCUT2D eigenvalue weighted by Gasteiger charge is 2.18. The Morgan fingerprint density at radius 2 is 2.21 bits per heavy atom. The molecule has 1 aliphatic rings. The van der Waals surface area contributed by atoms with E-state index in [9.17, 15) is 4.79 Å². The summed E-state index contributed by atoms with van der Waals surface area (Å²) in [6.07, 6.45) is 3.49. The van der Waals surface area contributed by atoms with Crippen LogP contribution in [0.2, 0.25) is 0 Å². The number of nitrogens with one attached hydrogen (secondary N) is 1. The average Bonchev–Trinajstić information content (AvgIpc) is 2.99. The predicted octanol–water partition coefficient (Wildman–Crippen LogP) is 4.38. The molecule has 2 nitrogen and oxygen atoms in total. The van der Waals surface area contributed by atoms with E-state index < -0.39 is 0 Å². The summed E-state index contributed by atoms with van der Waals surface area (Å²) >= 11 is 5.06. The number of amides is 1. The van der Waals surface area contributed by atoms with E-state index in [0.29, 0.717) is 0 Å². The maximum Gasteiger partial charge on any atom is 0.265 e. The van der Waals surface area contributed by atoms with Crippen molar-refractivity contribution in [1.29, 1.82) is 0 Å². The second-order valence-electron chi connectivity index (χ2n) is 4.70. The van der Waals surface area contributed by atoms with Crippen molar-refractivity contribution >= 4 is 38.9 Å². The molecule has 1 aromatic heterocycles. The van der Waals surface area contributed by atoms with E-state index in [-0.39, 0.29) is 5.91 Å². The van der Waals surface area contributed by atoms with Gasteiger partial charge in [0.2, 0.25) is 0 Å². The summed E-state index contributed by atoms with van der Waals surface area (Å²) in [6, 6.07) is 9.96. The van der Waals surface area contributed by atoms with Crippen LogP contribution in [0.15, 0.2) is 30.3 Å². The van der Waals surface area contributed by atoms with Gasteiger partial charge < -0.3 is 5.32 Å². The summed E-state index contributed by atoms with van der Waals surface area (Å²) in [5, 5.41) is 3.77. The maximum atomic E-state index is 12.2. The van der Waals surface area contributed by atoms with E-state index >= 15 is 0 Å². The van der Waals surface area contributed by atoms with Crippen LogP contribution in [0, 0.1) is 0 Å². The van der Waals surface area contributed by atoms with Crippen molar-refractivity contribution < 1.29 is 4.79 Å². The molecule has 1 aromatic carbocycles. The number of aryl methyl sites for hydroxylation is 2. The van der Waals surface area contributed by atoms with Gasteiger partial charge in [0.1, 0.15) is 0 Å². The largest absolute Gasteiger partial charge is 0.321 e. The Morgan fingerprint density at radius 1 is 1.32 bits per heavy atom. The molecule has 4 heteroatoms. The molecule has 1 N–H and O–H groups in total. The molecule has 0 spiro atoms. The Morgan fingerprint density at radius 3 is 3.00 bits per heavy atom. The molecule has 0 unspecified atom stereocenters. The summed E-state index contributed by atoms with van der Waals surface area (Å²) in [5.41, 5.74) is 3.38. The lowest BCUT2D eigenvalue weighted by atomic mass is 10.2. The summed E-state index contributed by atoms with van der Waals surface area (Å²) < 4.78 is 0. The first-order valence-electron chi connectivity index (χ1n) is 6.34. The SMILES string of the molecule is O=C(Nc1cccc(CBr)c1)c1cc2c(s1)CCC2. The number of thiophene rings is 1. The zero-order valence-electron chi connectivity index (χ0n) is 10.4. The highest BCUT2D eigenvalue weighted by atomic mass is 79.9. The third kappa shape index (κ3) is 2.74. The van der Waals surface area contributed by atoms with Gasteiger partial charge in [-0.05, 0) is 48.6 Å². The third-order valence-electron chi connectivity index (χ3n) is 3.31. The van der Waals surface area contributed by atoms with Crippen molar-refractivity contribution in [2.45, 2.75) is 24.6 Å². The number of carbonyl (C=O) groups is 1. The first-order valence-corrected chi connectivity index (χ1v) is 8.28. The van der Waals surface area contributed by atoms with Gasteiger partial charge in [-0.1, -0.05) is 28.1 Å². The van der Waals surface area contributed by atoms with Crippen molar-refractivity contribution in [2.24, 2.45) is 0 Å². The van der Waals surface area contributed by atoms with Gasteiger partial charge in [0, 0.05) is 15.9 Å². The minimum absolute atomic E-state index is 0.00567. The number of anilines is 1. The molecule has 0 fully saturated rings. The zero-order valence-corrected chi connectivity index (χ0v) is 12.8. The van der Waals surface area contributed by atoms with Gasteiger partial charge in [-0.25, -0.2) is 0 Å². The molecule has 0 saturated carbocycles. The van der Waals surface area contributed by atoms with Crippen molar-refractivity contribution in [1.82, 2.24) is 0 Å². The van der Waals surface area contributed by atoms with Crippen LogP contribution in [-0.4, -0.2) is 5.91 Å². The van der Waals surface area contributed by atoms with E-state index in [1.165, 1.54) is 16.9 Å². The fraction of sp³-hybridized carbons (Fsp3) is 0.267. The predicted molar refractivity (Wildman–Crippen MR) is 83.4 cm³/mol. The second kappa shape index (κ2) is 5.47. The molecule has 1 amide bonds. The van der Waals surface area contributed by atoms with E-state index in [1.807, 2.05) is 24.3 Å². The smallest absolute Gasteiger partial charge is 0.265 e. The van der Waals surface area contributed by atoms with Gasteiger partial charge in [-0.15, -0.1) is 11.3 Å². The number of rotatable bonds is 3. The Hall–Kier alpha value is -1.13. The van der Waals surface area contributed by atoms with Gasteiger partial charge in [0.15, 0.2) is 0 Å². The molecule has 19 heavy (non-hydrogen) atoms. The van der Waals surface area contributed by atoms with Crippen LogP contribution < -0.4 is 5.32 Å². The normalized spacial score (nSPS) is 13.3. The van der Waals surface area contributed by atoms with Gasteiger partial charge in [0.05, 0.1) is 4.88 Å². The molecule has 0 radical (unpaired) electrons. The van der Waals surface area contributed by atoms with Crippen LogP contribution in [-0.2, 0) is 18.2 Å². The van der Waals surface area contributed by atoms with Gasteiger partial charge in [-0.2, -0.15) is 0 Å². The molecule has 1 heterocycles. The van der Waals surface area contributed by atoms with Gasteiger partial charge in [0.25, 0.3) is 5.91 Å². The molecular formula is C15H14BrNOS. The zero-order chi connectivity index (χ0) is 13.2. The summed E-state index contributed by atoms with van der Waals surface area (Å²) in [4.78, 5) is 14.4. The van der Waals surface area contributed by atoms with Crippen LogP contribution in [0.1, 0.15) is 32.1 Å². The fourth-order valence-corrected chi connectivity index (χ4v) is 3.86. The van der Waals surface area contributed by atoms with Gasteiger partial charge in [-0.3, -0.25) is 4.79 Å². The van der Waals surface area contributed by atoms with Crippen LogP contribution >= 0.6 is 27.3 Å². The van der Waals surface area contributed by atoms with E-state index in [1.54, 1.807) is 11.3 Å². The fourth-order valence-electron chi connectivity index (χ4n) is 2.37. The number of fused-ring (bicyclic) bond motifs is 1. The molecule has 98 valence electrons. The number of hydrogen-bond acceptors (Lipinski definition) is 2. The number of hydrogen-bond donors (Lipinski definition) is 1.